The fourth-order valence-corrected chi connectivity index (χ4v) is 1.28. The minimum Gasteiger partial charge on any atom is -0.481 e. The molecule has 14 heavy (non-hydrogen) atoms. The van der Waals surface area contributed by atoms with Crippen LogP contribution in [0.5, 0.6) is 0 Å². The smallest absolute Gasteiger partial charge is 0.308 e. The fourth-order valence-electron chi connectivity index (χ4n) is 1.28. The lowest BCUT2D eigenvalue weighted by molar-refractivity contribution is -0.170. The lowest BCUT2D eigenvalue weighted by Gasteiger charge is -2.24. The second kappa shape index (κ2) is 6.37. The third-order valence-corrected chi connectivity index (χ3v) is 2.29. The second-order valence-electron chi connectivity index (χ2n) is 3.31. The van der Waals surface area contributed by atoms with E-state index in [4.69, 9.17) is 10.3 Å². The predicted octanol–water partition coefficient (Wildman–Crippen LogP) is 1.11. The van der Waals surface area contributed by atoms with Gasteiger partial charge in [0.2, 0.25) is 6.41 Å². The maximum absolute atomic E-state index is 10.8. The average Bonchev–Trinajstić information content (AvgIpc) is 2.16. The van der Waals surface area contributed by atoms with Gasteiger partial charge in [-0.3, -0.25) is 14.8 Å². The summed E-state index contributed by atoms with van der Waals surface area (Å²) in [6, 6.07) is -0.684. The van der Waals surface area contributed by atoms with Crippen molar-refractivity contribution >= 4 is 12.4 Å². The molecule has 0 aliphatic heterocycles. The number of carbonyl (C=O) groups is 2. The minimum atomic E-state index is -0.980. The molecule has 5 heteroatoms. The van der Waals surface area contributed by atoms with Gasteiger partial charge in [0.1, 0.15) is 0 Å². The molecule has 0 rings (SSSR count). The first-order chi connectivity index (χ1) is 6.54. The molecule has 2 atom stereocenters. The topological polar surface area (TPSA) is 77.8 Å². The molecule has 0 heterocycles. The number of rotatable bonds is 7. The summed E-state index contributed by atoms with van der Waals surface area (Å²) in [6.45, 7) is 3.48. The summed E-state index contributed by atoms with van der Waals surface area (Å²) in [5.41, 5.74) is 0. The van der Waals surface area contributed by atoms with Gasteiger partial charge in [0, 0.05) is 0 Å². The molecule has 0 aliphatic carbocycles. The highest BCUT2D eigenvalue weighted by Gasteiger charge is 2.27. The molecule has 0 aromatic heterocycles. The SMILES string of the molecule is CCCC[C@@H](C(=O)O)[C@@H](C)N(O)C=O. The van der Waals surface area contributed by atoms with E-state index in [1.54, 1.807) is 0 Å². The van der Waals surface area contributed by atoms with E-state index in [2.05, 4.69) is 0 Å². The predicted molar refractivity (Wildman–Crippen MR) is 49.8 cm³/mol. The molecular weight excluding hydrogens is 186 g/mol. The standard InChI is InChI=1S/C9H17NO4/c1-3-4-5-8(9(12)13)7(2)10(14)6-11/h6-8,14H,3-5H2,1-2H3,(H,12,13)/t7-,8-/m1/s1. The third-order valence-electron chi connectivity index (χ3n) is 2.29. The van der Waals surface area contributed by atoms with Gasteiger partial charge in [-0.1, -0.05) is 19.8 Å². The maximum atomic E-state index is 10.8. The van der Waals surface area contributed by atoms with Gasteiger partial charge in [-0.15, -0.1) is 0 Å². The van der Waals surface area contributed by atoms with Gasteiger partial charge < -0.3 is 5.11 Å². The van der Waals surface area contributed by atoms with E-state index in [-0.39, 0.29) is 6.41 Å². The van der Waals surface area contributed by atoms with Crippen molar-refractivity contribution in [3.63, 3.8) is 0 Å². The van der Waals surface area contributed by atoms with Crippen molar-refractivity contribution in [3.05, 3.63) is 0 Å². The molecule has 82 valence electrons. The van der Waals surface area contributed by atoms with Crippen LogP contribution in [0.1, 0.15) is 33.1 Å². The molecule has 2 N–H and O–H groups in total. The summed E-state index contributed by atoms with van der Waals surface area (Å²) in [7, 11) is 0. The molecule has 0 aromatic rings. The Morgan fingerprint density at radius 2 is 2.14 bits per heavy atom. The summed E-state index contributed by atoms with van der Waals surface area (Å²) in [6.07, 6.45) is 2.36. The van der Waals surface area contributed by atoms with E-state index < -0.39 is 17.9 Å². The van der Waals surface area contributed by atoms with Crippen molar-refractivity contribution in [2.75, 3.05) is 0 Å². The van der Waals surface area contributed by atoms with Crippen LogP contribution in [-0.2, 0) is 9.59 Å². The van der Waals surface area contributed by atoms with Crippen LogP contribution >= 0.6 is 0 Å². The molecule has 0 saturated carbocycles. The van der Waals surface area contributed by atoms with Crippen LogP contribution in [0.2, 0.25) is 0 Å². The van der Waals surface area contributed by atoms with Gasteiger partial charge in [0.25, 0.3) is 0 Å². The van der Waals surface area contributed by atoms with E-state index in [1.165, 1.54) is 6.92 Å². The first-order valence-electron chi connectivity index (χ1n) is 4.69. The summed E-state index contributed by atoms with van der Waals surface area (Å²) < 4.78 is 0. The molecular formula is C9H17NO4. The highest BCUT2D eigenvalue weighted by molar-refractivity contribution is 5.71. The first-order valence-corrected chi connectivity index (χ1v) is 4.69. The number of nitrogens with zero attached hydrogens (tertiary/aromatic N) is 1. The number of carboxylic acids is 1. The largest absolute Gasteiger partial charge is 0.481 e. The number of unbranched alkanes of at least 4 members (excludes halogenated alkanes) is 1. The lowest BCUT2D eigenvalue weighted by atomic mass is 9.95. The van der Waals surface area contributed by atoms with E-state index in [0.717, 1.165) is 12.8 Å². The number of carbonyl (C=O) groups excluding carboxylic acids is 1. The Kier molecular flexibility index (Phi) is 5.87. The lowest BCUT2D eigenvalue weighted by Crippen LogP contribution is -2.39. The van der Waals surface area contributed by atoms with E-state index in [1.807, 2.05) is 6.92 Å². The van der Waals surface area contributed by atoms with Gasteiger partial charge >= 0.3 is 5.97 Å². The Balaban J connectivity index is 4.32. The number of hydroxylamine groups is 2. The first kappa shape index (κ1) is 12.9. The van der Waals surface area contributed by atoms with Gasteiger partial charge in [0.05, 0.1) is 12.0 Å². The summed E-state index contributed by atoms with van der Waals surface area (Å²) >= 11 is 0. The Bertz CT molecular complexity index is 195. The number of hydrogen-bond donors (Lipinski definition) is 2. The fraction of sp³-hybridized carbons (Fsp3) is 0.778. The van der Waals surface area contributed by atoms with Crippen LogP contribution in [0, 0.1) is 5.92 Å². The Labute approximate surface area is 83.3 Å². The van der Waals surface area contributed by atoms with E-state index in [9.17, 15) is 9.59 Å². The number of aliphatic carboxylic acids is 1. The monoisotopic (exact) mass is 203 g/mol. The molecule has 0 bridgehead atoms. The average molecular weight is 203 g/mol. The number of carboxylic acid groups (broad SMARTS) is 1. The molecule has 0 aliphatic rings. The molecule has 0 spiro atoms. The van der Waals surface area contributed by atoms with Gasteiger partial charge in [-0.05, 0) is 13.3 Å². The van der Waals surface area contributed by atoms with Crippen molar-refractivity contribution in [2.24, 2.45) is 5.92 Å². The highest BCUT2D eigenvalue weighted by Crippen LogP contribution is 2.16. The zero-order valence-corrected chi connectivity index (χ0v) is 8.51. The van der Waals surface area contributed by atoms with Crippen LogP contribution < -0.4 is 0 Å². The molecule has 1 amide bonds. The quantitative estimate of drug-likeness (QED) is 0.369. The van der Waals surface area contributed by atoms with Gasteiger partial charge in [-0.25, -0.2) is 5.06 Å². The van der Waals surface area contributed by atoms with E-state index >= 15 is 0 Å². The zero-order valence-electron chi connectivity index (χ0n) is 8.51. The van der Waals surface area contributed by atoms with Gasteiger partial charge in [0.15, 0.2) is 0 Å². The normalized spacial score (nSPS) is 14.5. The molecule has 0 saturated heterocycles. The van der Waals surface area contributed by atoms with Crippen LogP contribution in [0.4, 0.5) is 0 Å². The van der Waals surface area contributed by atoms with Crippen LogP contribution in [-0.4, -0.2) is 33.8 Å². The van der Waals surface area contributed by atoms with Crippen molar-refractivity contribution in [1.29, 1.82) is 0 Å². The molecule has 0 fully saturated rings. The van der Waals surface area contributed by atoms with Crippen molar-refractivity contribution in [1.82, 2.24) is 5.06 Å². The Morgan fingerprint density at radius 1 is 1.57 bits per heavy atom. The summed E-state index contributed by atoms with van der Waals surface area (Å²) in [4.78, 5) is 21.0. The van der Waals surface area contributed by atoms with Crippen molar-refractivity contribution in [2.45, 2.75) is 39.2 Å². The Morgan fingerprint density at radius 3 is 2.50 bits per heavy atom. The van der Waals surface area contributed by atoms with Crippen LogP contribution in [0.3, 0.4) is 0 Å². The van der Waals surface area contributed by atoms with Gasteiger partial charge in [-0.2, -0.15) is 0 Å². The molecule has 5 nitrogen and oxygen atoms in total. The molecule has 0 aromatic carbocycles. The summed E-state index contributed by atoms with van der Waals surface area (Å²) in [5.74, 6) is -1.68. The number of hydrogen-bond acceptors (Lipinski definition) is 3. The Hall–Kier alpha value is -1.10. The van der Waals surface area contributed by atoms with Crippen molar-refractivity contribution in [3.8, 4) is 0 Å². The summed E-state index contributed by atoms with van der Waals surface area (Å²) in [5, 5.41) is 18.3. The second-order valence-corrected chi connectivity index (χ2v) is 3.31. The molecule has 0 radical (unpaired) electrons. The molecule has 0 unspecified atom stereocenters. The van der Waals surface area contributed by atoms with Crippen LogP contribution in [0.25, 0.3) is 0 Å². The van der Waals surface area contributed by atoms with Crippen molar-refractivity contribution < 1.29 is 19.9 Å². The van der Waals surface area contributed by atoms with Crippen LogP contribution in [0.15, 0.2) is 0 Å². The highest BCUT2D eigenvalue weighted by atomic mass is 16.5. The third kappa shape index (κ3) is 3.74. The number of amides is 1. The zero-order chi connectivity index (χ0) is 11.1. The minimum absolute atomic E-state index is 0.229. The van der Waals surface area contributed by atoms with E-state index in [0.29, 0.717) is 11.5 Å². The maximum Gasteiger partial charge on any atom is 0.308 e.